The number of aromatic nitrogens is 1. The third-order valence-corrected chi connectivity index (χ3v) is 2.88. The van der Waals surface area contributed by atoms with Gasteiger partial charge in [0.15, 0.2) is 0 Å². The summed E-state index contributed by atoms with van der Waals surface area (Å²) in [5.74, 6) is -0.363. The average Bonchev–Trinajstić information content (AvgIpc) is 2.23. The molecule has 1 amide bonds. The zero-order valence-electron chi connectivity index (χ0n) is 8.82. The molecule has 5 nitrogen and oxygen atoms in total. The Labute approximate surface area is 92.5 Å². The van der Waals surface area contributed by atoms with Crippen LogP contribution in [-0.2, 0) is 0 Å². The van der Waals surface area contributed by atoms with Crippen LogP contribution in [-0.4, -0.2) is 28.1 Å². The number of pyridine rings is 1. The van der Waals surface area contributed by atoms with Gasteiger partial charge in [-0.1, -0.05) is 6.07 Å². The SMILES string of the molecule is O=C(NCC1(O)CCC1)c1cccc(=O)[nH]1. The van der Waals surface area contributed by atoms with Crippen LogP contribution in [0.4, 0.5) is 0 Å². The number of carbonyl (C=O) groups excluding carboxylic acids is 1. The fourth-order valence-corrected chi connectivity index (χ4v) is 1.68. The highest BCUT2D eigenvalue weighted by Gasteiger charge is 2.34. The van der Waals surface area contributed by atoms with E-state index in [4.69, 9.17) is 0 Å². The van der Waals surface area contributed by atoms with Crippen LogP contribution in [0.1, 0.15) is 29.8 Å². The van der Waals surface area contributed by atoms with Crippen molar-refractivity contribution in [1.82, 2.24) is 10.3 Å². The van der Waals surface area contributed by atoms with Crippen molar-refractivity contribution in [3.63, 3.8) is 0 Å². The van der Waals surface area contributed by atoms with Gasteiger partial charge in [0.25, 0.3) is 5.91 Å². The summed E-state index contributed by atoms with van der Waals surface area (Å²) in [5.41, 5.74) is -0.837. The van der Waals surface area contributed by atoms with Crippen molar-refractivity contribution in [2.45, 2.75) is 24.9 Å². The predicted octanol–water partition coefficient (Wildman–Crippen LogP) is 0.0197. The van der Waals surface area contributed by atoms with Gasteiger partial charge in [0.1, 0.15) is 5.69 Å². The summed E-state index contributed by atoms with van der Waals surface area (Å²) in [7, 11) is 0. The van der Waals surface area contributed by atoms with Gasteiger partial charge in [0.05, 0.1) is 5.60 Å². The predicted molar refractivity (Wildman–Crippen MR) is 58.2 cm³/mol. The van der Waals surface area contributed by atoms with E-state index in [2.05, 4.69) is 10.3 Å². The minimum absolute atomic E-state index is 0.218. The number of rotatable bonds is 3. The lowest BCUT2D eigenvalue weighted by Crippen LogP contribution is -2.48. The van der Waals surface area contributed by atoms with Crippen molar-refractivity contribution in [2.24, 2.45) is 0 Å². The van der Waals surface area contributed by atoms with E-state index in [0.29, 0.717) is 0 Å². The van der Waals surface area contributed by atoms with Crippen LogP contribution in [0.15, 0.2) is 23.0 Å². The minimum Gasteiger partial charge on any atom is -0.388 e. The van der Waals surface area contributed by atoms with Crippen LogP contribution in [0, 0.1) is 0 Å². The van der Waals surface area contributed by atoms with Crippen LogP contribution in [0.3, 0.4) is 0 Å². The van der Waals surface area contributed by atoms with Crippen molar-refractivity contribution < 1.29 is 9.90 Å². The maximum atomic E-state index is 11.6. The van der Waals surface area contributed by atoms with E-state index in [9.17, 15) is 14.7 Å². The van der Waals surface area contributed by atoms with E-state index in [0.717, 1.165) is 19.3 Å². The molecule has 0 radical (unpaired) electrons. The van der Waals surface area contributed by atoms with E-state index in [-0.39, 0.29) is 23.7 Å². The number of H-pyrrole nitrogens is 1. The standard InChI is InChI=1S/C11H14N2O3/c14-9-4-1-3-8(13-9)10(15)12-7-11(16)5-2-6-11/h1,3-4,16H,2,5-7H2,(H,12,15)(H,13,14). The van der Waals surface area contributed by atoms with Crippen LogP contribution in [0.2, 0.25) is 0 Å². The van der Waals surface area contributed by atoms with Crippen molar-refractivity contribution in [2.75, 3.05) is 6.54 Å². The van der Waals surface area contributed by atoms with Gasteiger partial charge >= 0.3 is 0 Å². The summed E-state index contributed by atoms with van der Waals surface area (Å²) in [4.78, 5) is 25.0. The fraction of sp³-hybridized carbons (Fsp3) is 0.455. The Morgan fingerprint density at radius 3 is 2.81 bits per heavy atom. The lowest BCUT2D eigenvalue weighted by atomic mass is 9.80. The van der Waals surface area contributed by atoms with E-state index in [1.165, 1.54) is 18.2 Å². The topological polar surface area (TPSA) is 82.2 Å². The van der Waals surface area contributed by atoms with Gasteiger partial charge in [0.2, 0.25) is 5.56 Å². The van der Waals surface area contributed by atoms with Crippen LogP contribution < -0.4 is 10.9 Å². The number of hydrogen-bond donors (Lipinski definition) is 3. The summed E-state index contributed by atoms with van der Waals surface area (Å²) >= 11 is 0. The molecule has 0 atom stereocenters. The Balaban J connectivity index is 1.95. The smallest absolute Gasteiger partial charge is 0.267 e. The first-order valence-electron chi connectivity index (χ1n) is 5.29. The molecule has 0 unspecified atom stereocenters. The quantitative estimate of drug-likeness (QED) is 0.674. The molecule has 3 N–H and O–H groups in total. The van der Waals surface area contributed by atoms with Gasteiger partial charge in [-0.2, -0.15) is 0 Å². The number of aromatic amines is 1. The number of amides is 1. The molecule has 0 bridgehead atoms. The zero-order valence-corrected chi connectivity index (χ0v) is 8.82. The summed E-state index contributed by atoms with van der Waals surface area (Å²) in [6.07, 6.45) is 2.44. The Bertz CT molecular complexity index is 449. The van der Waals surface area contributed by atoms with E-state index >= 15 is 0 Å². The summed E-state index contributed by atoms with van der Waals surface area (Å²) < 4.78 is 0. The minimum atomic E-state index is -0.745. The third kappa shape index (κ3) is 2.30. The molecule has 1 aromatic heterocycles. The Hall–Kier alpha value is -1.62. The molecule has 16 heavy (non-hydrogen) atoms. The molecule has 0 aliphatic heterocycles. The van der Waals surface area contributed by atoms with Crippen LogP contribution in [0.25, 0.3) is 0 Å². The highest BCUT2D eigenvalue weighted by molar-refractivity contribution is 5.92. The summed E-state index contributed by atoms with van der Waals surface area (Å²) in [5, 5.41) is 12.4. The first-order valence-corrected chi connectivity index (χ1v) is 5.29. The summed E-state index contributed by atoms with van der Waals surface area (Å²) in [6, 6.07) is 4.39. The largest absolute Gasteiger partial charge is 0.388 e. The first kappa shape index (κ1) is 10.9. The Kier molecular flexibility index (Phi) is 2.78. The number of carbonyl (C=O) groups is 1. The normalized spacial score (nSPS) is 17.6. The molecule has 1 aromatic rings. The van der Waals surface area contributed by atoms with E-state index < -0.39 is 5.60 Å². The first-order chi connectivity index (χ1) is 7.59. The van der Waals surface area contributed by atoms with Crippen LogP contribution >= 0.6 is 0 Å². The molecule has 1 fully saturated rings. The lowest BCUT2D eigenvalue weighted by molar-refractivity contribution is -0.0300. The van der Waals surface area contributed by atoms with Gasteiger partial charge in [0, 0.05) is 12.6 Å². The maximum absolute atomic E-state index is 11.6. The van der Waals surface area contributed by atoms with Crippen molar-refractivity contribution in [3.8, 4) is 0 Å². The number of nitrogens with one attached hydrogen (secondary N) is 2. The van der Waals surface area contributed by atoms with Gasteiger partial charge < -0.3 is 15.4 Å². The molecule has 5 heteroatoms. The van der Waals surface area contributed by atoms with Crippen molar-refractivity contribution in [3.05, 3.63) is 34.2 Å². The lowest BCUT2D eigenvalue weighted by Gasteiger charge is -2.36. The maximum Gasteiger partial charge on any atom is 0.267 e. The molecular weight excluding hydrogens is 208 g/mol. The molecule has 1 saturated carbocycles. The number of aliphatic hydroxyl groups is 1. The highest BCUT2D eigenvalue weighted by atomic mass is 16.3. The molecule has 1 aliphatic carbocycles. The molecule has 0 aromatic carbocycles. The molecule has 0 saturated heterocycles. The molecule has 1 aliphatic rings. The summed E-state index contributed by atoms with van der Waals surface area (Å²) in [6.45, 7) is 0.239. The second-order valence-corrected chi connectivity index (χ2v) is 4.19. The Morgan fingerprint density at radius 2 is 2.25 bits per heavy atom. The van der Waals surface area contributed by atoms with Gasteiger partial charge in [-0.15, -0.1) is 0 Å². The highest BCUT2D eigenvalue weighted by Crippen LogP contribution is 2.30. The van der Waals surface area contributed by atoms with Crippen molar-refractivity contribution in [1.29, 1.82) is 0 Å². The third-order valence-electron chi connectivity index (χ3n) is 2.88. The van der Waals surface area contributed by atoms with E-state index in [1.807, 2.05) is 0 Å². The van der Waals surface area contributed by atoms with Gasteiger partial charge in [-0.3, -0.25) is 9.59 Å². The van der Waals surface area contributed by atoms with Crippen LogP contribution in [0.5, 0.6) is 0 Å². The molecule has 0 spiro atoms. The molecule has 1 heterocycles. The zero-order chi connectivity index (χ0) is 11.6. The Morgan fingerprint density at radius 1 is 1.50 bits per heavy atom. The average molecular weight is 222 g/mol. The second kappa shape index (κ2) is 4.09. The molecular formula is C11H14N2O3. The fourth-order valence-electron chi connectivity index (χ4n) is 1.68. The van der Waals surface area contributed by atoms with Gasteiger partial charge in [-0.05, 0) is 25.3 Å². The monoisotopic (exact) mass is 222 g/mol. The second-order valence-electron chi connectivity index (χ2n) is 4.19. The molecule has 86 valence electrons. The van der Waals surface area contributed by atoms with Crippen molar-refractivity contribution >= 4 is 5.91 Å². The van der Waals surface area contributed by atoms with E-state index in [1.54, 1.807) is 0 Å². The number of hydrogen-bond acceptors (Lipinski definition) is 3. The van der Waals surface area contributed by atoms with Gasteiger partial charge in [-0.25, -0.2) is 0 Å². The molecule has 2 rings (SSSR count).